The van der Waals surface area contributed by atoms with Crippen LogP contribution in [0.4, 0.5) is 0 Å². The molecule has 0 spiro atoms. The van der Waals surface area contributed by atoms with Gasteiger partial charge in [0, 0.05) is 16.3 Å². The number of rotatable bonds is 1. The smallest absolute Gasteiger partial charge is 0.0683 e. The topological polar surface area (TPSA) is 4.93 Å². The van der Waals surface area contributed by atoms with E-state index in [0.29, 0.717) is 0 Å². The number of hydrogen-bond acceptors (Lipinski definition) is 1. The standard InChI is InChI=1S/C20H19NS/c1-13-7-3-4-8-15(13)19-14(2)11-12-17-16-9-5-6-10-18(16)21(22)20(17)19/h4-6,8-12,22H,3,7H2,1-2H3. The van der Waals surface area contributed by atoms with Crippen LogP contribution in [0.2, 0.25) is 0 Å². The lowest BCUT2D eigenvalue weighted by molar-refractivity contribution is 0.967. The zero-order valence-electron chi connectivity index (χ0n) is 12.9. The third-order valence-corrected chi connectivity index (χ3v) is 5.14. The number of aromatic nitrogens is 1. The summed E-state index contributed by atoms with van der Waals surface area (Å²) in [5.74, 6) is 0. The molecular weight excluding hydrogens is 286 g/mol. The van der Waals surface area contributed by atoms with E-state index in [0.717, 1.165) is 12.8 Å². The Bertz CT molecular complexity index is 957. The van der Waals surface area contributed by atoms with Gasteiger partial charge in [-0.05, 0) is 43.9 Å². The molecule has 1 aliphatic carbocycles. The molecule has 1 aliphatic rings. The van der Waals surface area contributed by atoms with Crippen molar-refractivity contribution in [2.75, 3.05) is 0 Å². The van der Waals surface area contributed by atoms with Crippen LogP contribution in [0.1, 0.15) is 30.9 Å². The van der Waals surface area contributed by atoms with Crippen LogP contribution in [0.15, 0.2) is 54.1 Å². The van der Waals surface area contributed by atoms with Crippen molar-refractivity contribution in [1.29, 1.82) is 0 Å². The van der Waals surface area contributed by atoms with Gasteiger partial charge in [-0.3, -0.25) is 3.97 Å². The minimum absolute atomic E-state index is 1.15. The molecule has 0 saturated carbocycles. The van der Waals surface area contributed by atoms with Crippen molar-refractivity contribution < 1.29 is 0 Å². The average Bonchev–Trinajstić information content (AvgIpc) is 2.82. The SMILES string of the molecule is CC1=C(c2c(C)ccc3c4ccccc4n(S)c23)C=CCC1. The maximum Gasteiger partial charge on any atom is 0.0683 e. The molecule has 0 atom stereocenters. The summed E-state index contributed by atoms with van der Waals surface area (Å²) in [6.07, 6.45) is 6.86. The van der Waals surface area contributed by atoms with Gasteiger partial charge in [0.25, 0.3) is 0 Å². The summed E-state index contributed by atoms with van der Waals surface area (Å²) in [5, 5.41) is 2.55. The number of allylic oxidation sites excluding steroid dienone is 4. The van der Waals surface area contributed by atoms with E-state index in [1.165, 1.54) is 44.1 Å². The van der Waals surface area contributed by atoms with Crippen molar-refractivity contribution in [3.8, 4) is 0 Å². The second kappa shape index (κ2) is 5.06. The summed E-state index contributed by atoms with van der Waals surface area (Å²) in [5.41, 5.74) is 7.88. The highest BCUT2D eigenvalue weighted by Gasteiger charge is 2.18. The van der Waals surface area contributed by atoms with Crippen molar-refractivity contribution in [3.05, 3.63) is 65.3 Å². The molecule has 0 amide bonds. The van der Waals surface area contributed by atoms with E-state index in [1.807, 2.05) is 0 Å². The summed E-state index contributed by atoms with van der Waals surface area (Å²) in [6, 6.07) is 13.0. The Morgan fingerprint density at radius 1 is 1.00 bits per heavy atom. The molecule has 2 aromatic carbocycles. The highest BCUT2D eigenvalue weighted by molar-refractivity contribution is 7.79. The van der Waals surface area contributed by atoms with Crippen LogP contribution in [0.25, 0.3) is 27.4 Å². The second-order valence-electron chi connectivity index (χ2n) is 6.12. The summed E-state index contributed by atoms with van der Waals surface area (Å²) in [7, 11) is 0. The van der Waals surface area contributed by atoms with E-state index in [1.54, 1.807) is 0 Å². The highest BCUT2D eigenvalue weighted by atomic mass is 32.1. The van der Waals surface area contributed by atoms with Crippen LogP contribution < -0.4 is 0 Å². The van der Waals surface area contributed by atoms with Crippen LogP contribution >= 0.6 is 12.8 Å². The van der Waals surface area contributed by atoms with E-state index < -0.39 is 0 Å². The predicted molar refractivity (Wildman–Crippen MR) is 99.5 cm³/mol. The minimum atomic E-state index is 1.15. The Morgan fingerprint density at radius 3 is 2.64 bits per heavy atom. The third-order valence-electron chi connectivity index (χ3n) is 4.72. The summed E-state index contributed by atoms with van der Waals surface area (Å²) in [4.78, 5) is 0. The molecule has 0 radical (unpaired) electrons. The van der Waals surface area contributed by atoms with E-state index in [9.17, 15) is 0 Å². The zero-order chi connectivity index (χ0) is 15.3. The fourth-order valence-corrected chi connectivity index (χ4v) is 3.93. The van der Waals surface area contributed by atoms with E-state index in [2.05, 4.69) is 66.4 Å². The molecule has 0 N–H and O–H groups in total. The molecule has 4 rings (SSSR count). The van der Waals surface area contributed by atoms with Gasteiger partial charge in [-0.25, -0.2) is 0 Å². The first-order chi connectivity index (χ1) is 10.7. The van der Waals surface area contributed by atoms with Gasteiger partial charge in [0.1, 0.15) is 0 Å². The average molecular weight is 305 g/mol. The molecule has 0 aliphatic heterocycles. The van der Waals surface area contributed by atoms with Crippen LogP contribution in [0, 0.1) is 6.92 Å². The lowest BCUT2D eigenvalue weighted by atomic mass is 9.89. The quantitative estimate of drug-likeness (QED) is 0.532. The molecule has 1 nitrogen and oxygen atoms in total. The van der Waals surface area contributed by atoms with Crippen molar-refractivity contribution in [1.82, 2.24) is 3.97 Å². The van der Waals surface area contributed by atoms with E-state index >= 15 is 0 Å². The maximum absolute atomic E-state index is 4.80. The van der Waals surface area contributed by atoms with Crippen molar-refractivity contribution in [2.24, 2.45) is 0 Å². The molecule has 22 heavy (non-hydrogen) atoms. The number of para-hydroxylation sites is 1. The number of thiol groups is 1. The number of fused-ring (bicyclic) bond motifs is 3. The highest BCUT2D eigenvalue weighted by Crippen LogP contribution is 2.39. The van der Waals surface area contributed by atoms with Gasteiger partial charge in [0.05, 0.1) is 11.0 Å². The molecule has 0 unspecified atom stereocenters. The lowest BCUT2D eigenvalue weighted by Crippen LogP contribution is -1.97. The Labute approximate surface area is 136 Å². The number of hydrogen-bond donors (Lipinski definition) is 1. The Morgan fingerprint density at radius 2 is 1.82 bits per heavy atom. The van der Waals surface area contributed by atoms with Gasteiger partial charge in [0.15, 0.2) is 0 Å². The van der Waals surface area contributed by atoms with Crippen molar-refractivity contribution >= 4 is 40.2 Å². The fraction of sp³-hybridized carbons (Fsp3) is 0.200. The molecule has 110 valence electrons. The second-order valence-corrected chi connectivity index (χ2v) is 6.52. The van der Waals surface area contributed by atoms with Gasteiger partial charge >= 0.3 is 0 Å². The van der Waals surface area contributed by atoms with E-state index in [4.69, 9.17) is 12.8 Å². The van der Waals surface area contributed by atoms with Crippen LogP contribution in [0.5, 0.6) is 0 Å². The molecule has 0 bridgehead atoms. The maximum atomic E-state index is 4.80. The summed E-state index contributed by atoms with van der Waals surface area (Å²) >= 11 is 4.80. The first kappa shape index (κ1) is 13.7. The Hall–Kier alpha value is -1.93. The lowest BCUT2D eigenvalue weighted by Gasteiger charge is -2.17. The molecule has 1 heterocycles. The molecule has 3 aromatic rings. The van der Waals surface area contributed by atoms with Crippen LogP contribution in [-0.4, -0.2) is 3.97 Å². The monoisotopic (exact) mass is 305 g/mol. The Kier molecular flexibility index (Phi) is 3.16. The van der Waals surface area contributed by atoms with Gasteiger partial charge < -0.3 is 0 Å². The number of benzene rings is 2. The number of aryl methyl sites for hydroxylation is 1. The van der Waals surface area contributed by atoms with Gasteiger partial charge in [-0.15, -0.1) is 0 Å². The predicted octanol–water partition coefficient (Wildman–Crippen LogP) is 5.92. The fourth-order valence-electron chi connectivity index (χ4n) is 3.55. The summed E-state index contributed by atoms with van der Waals surface area (Å²) < 4.78 is 2.05. The number of nitrogens with zero attached hydrogens (tertiary/aromatic N) is 1. The molecule has 0 fully saturated rings. The largest absolute Gasteiger partial charge is 0.285 e. The molecule has 2 heteroatoms. The van der Waals surface area contributed by atoms with Crippen molar-refractivity contribution in [2.45, 2.75) is 26.7 Å². The van der Waals surface area contributed by atoms with Gasteiger partial charge in [-0.1, -0.05) is 60.9 Å². The Balaban J connectivity index is 2.19. The zero-order valence-corrected chi connectivity index (χ0v) is 13.8. The van der Waals surface area contributed by atoms with Crippen LogP contribution in [0.3, 0.4) is 0 Å². The van der Waals surface area contributed by atoms with Gasteiger partial charge in [-0.2, -0.15) is 0 Å². The van der Waals surface area contributed by atoms with E-state index in [-0.39, 0.29) is 0 Å². The first-order valence-electron chi connectivity index (χ1n) is 7.77. The first-order valence-corrected chi connectivity index (χ1v) is 8.17. The minimum Gasteiger partial charge on any atom is -0.285 e. The van der Waals surface area contributed by atoms with Crippen molar-refractivity contribution in [3.63, 3.8) is 0 Å². The summed E-state index contributed by atoms with van der Waals surface area (Å²) in [6.45, 7) is 4.45. The third kappa shape index (κ3) is 1.87. The normalized spacial score (nSPS) is 15.2. The van der Waals surface area contributed by atoms with Gasteiger partial charge in [0.2, 0.25) is 0 Å². The molecule has 0 saturated heterocycles. The molecule has 1 aromatic heterocycles. The molecular formula is C20H19NS. The van der Waals surface area contributed by atoms with Crippen LogP contribution in [-0.2, 0) is 0 Å².